The Kier molecular flexibility index (Phi) is 7.44. The minimum absolute atomic E-state index is 0.173. The molecule has 0 radical (unpaired) electrons. The number of unbranched alkanes of at least 4 members (excludes halogenated alkanes) is 1. The molecule has 1 nitrogen and oxygen atoms in total. The highest BCUT2D eigenvalue weighted by atomic mass is 32.2. The van der Waals surface area contributed by atoms with E-state index in [1.165, 1.54) is 83.5 Å². The SMILES string of the molecule is CCCCC1(S(C)=O)CCC(C2CCC(CCC)CC2)CC1. The Hall–Kier alpha value is 0.150. The predicted octanol–water partition coefficient (Wildman–Crippen LogP) is 6.09. The summed E-state index contributed by atoms with van der Waals surface area (Å²) in [4.78, 5) is 0. The lowest BCUT2D eigenvalue weighted by atomic mass is 9.68. The molecule has 0 heterocycles. The van der Waals surface area contributed by atoms with E-state index in [1.807, 2.05) is 6.26 Å². The maximum atomic E-state index is 12.3. The van der Waals surface area contributed by atoms with Crippen LogP contribution < -0.4 is 0 Å². The molecule has 2 saturated carbocycles. The molecule has 0 aliphatic heterocycles. The first-order chi connectivity index (χ1) is 10.6. The average molecular weight is 327 g/mol. The highest BCUT2D eigenvalue weighted by Gasteiger charge is 2.40. The molecule has 2 heteroatoms. The lowest BCUT2D eigenvalue weighted by Gasteiger charge is -2.43. The van der Waals surface area contributed by atoms with Gasteiger partial charge < -0.3 is 0 Å². The van der Waals surface area contributed by atoms with Crippen LogP contribution in [0.2, 0.25) is 0 Å². The van der Waals surface area contributed by atoms with Crippen molar-refractivity contribution in [3.63, 3.8) is 0 Å². The highest BCUT2D eigenvalue weighted by molar-refractivity contribution is 7.85. The molecule has 2 aliphatic carbocycles. The average Bonchev–Trinajstić information content (AvgIpc) is 2.54. The van der Waals surface area contributed by atoms with Crippen molar-refractivity contribution in [3.05, 3.63) is 0 Å². The molecule has 2 fully saturated rings. The molecule has 0 aromatic heterocycles. The molecule has 0 aromatic rings. The monoisotopic (exact) mass is 326 g/mol. The molecule has 1 unspecified atom stereocenters. The fourth-order valence-electron chi connectivity index (χ4n) is 5.17. The third-order valence-electron chi connectivity index (χ3n) is 6.79. The number of hydrogen-bond donors (Lipinski definition) is 0. The van der Waals surface area contributed by atoms with Gasteiger partial charge in [0.05, 0.1) is 0 Å². The van der Waals surface area contributed by atoms with Gasteiger partial charge in [0.1, 0.15) is 0 Å². The first-order valence-electron chi connectivity index (χ1n) is 9.94. The van der Waals surface area contributed by atoms with Crippen molar-refractivity contribution in [1.29, 1.82) is 0 Å². The Bertz CT molecular complexity index is 336. The number of hydrogen-bond acceptors (Lipinski definition) is 1. The summed E-state index contributed by atoms with van der Waals surface area (Å²) < 4.78 is 12.5. The minimum Gasteiger partial charge on any atom is -0.259 e. The Morgan fingerprint density at radius 1 is 0.909 bits per heavy atom. The van der Waals surface area contributed by atoms with Crippen molar-refractivity contribution in [2.45, 2.75) is 102 Å². The fourth-order valence-corrected chi connectivity index (χ4v) is 6.42. The molecule has 0 N–H and O–H groups in total. The molecule has 0 saturated heterocycles. The van der Waals surface area contributed by atoms with E-state index in [2.05, 4.69) is 13.8 Å². The van der Waals surface area contributed by atoms with Crippen molar-refractivity contribution in [1.82, 2.24) is 0 Å². The van der Waals surface area contributed by atoms with Gasteiger partial charge in [-0.15, -0.1) is 0 Å². The van der Waals surface area contributed by atoms with Crippen LogP contribution in [0.4, 0.5) is 0 Å². The zero-order valence-electron chi connectivity index (χ0n) is 15.2. The topological polar surface area (TPSA) is 17.1 Å². The molecule has 0 aromatic carbocycles. The summed E-state index contributed by atoms with van der Waals surface area (Å²) in [5, 5.41) is 0. The lowest BCUT2D eigenvalue weighted by Crippen LogP contribution is -2.40. The summed E-state index contributed by atoms with van der Waals surface area (Å²) in [6.45, 7) is 4.58. The molecule has 0 bridgehead atoms. The van der Waals surface area contributed by atoms with Gasteiger partial charge in [-0.3, -0.25) is 4.21 Å². The largest absolute Gasteiger partial charge is 0.259 e. The van der Waals surface area contributed by atoms with Crippen molar-refractivity contribution in [2.24, 2.45) is 17.8 Å². The first kappa shape index (κ1) is 18.5. The van der Waals surface area contributed by atoms with Gasteiger partial charge in [-0.1, -0.05) is 52.4 Å². The van der Waals surface area contributed by atoms with Crippen molar-refractivity contribution in [3.8, 4) is 0 Å². The maximum absolute atomic E-state index is 12.3. The highest BCUT2D eigenvalue weighted by Crippen LogP contribution is 2.46. The van der Waals surface area contributed by atoms with Crippen LogP contribution in [0, 0.1) is 17.8 Å². The summed E-state index contributed by atoms with van der Waals surface area (Å²) >= 11 is 0. The minimum atomic E-state index is -0.640. The molecule has 22 heavy (non-hydrogen) atoms. The lowest BCUT2D eigenvalue weighted by molar-refractivity contribution is 0.147. The standard InChI is InChI=1S/C20H38OS/c1-4-6-14-20(22(3)21)15-12-19(13-16-20)18-10-8-17(7-5-2)9-11-18/h17-19H,4-16H2,1-3H3. The van der Waals surface area contributed by atoms with Gasteiger partial charge in [0.2, 0.25) is 0 Å². The summed E-state index contributed by atoms with van der Waals surface area (Å²) in [5.41, 5.74) is 0. The molecule has 0 spiro atoms. The first-order valence-corrected chi connectivity index (χ1v) is 11.5. The van der Waals surface area contributed by atoms with E-state index in [9.17, 15) is 4.21 Å². The Balaban J connectivity index is 1.82. The van der Waals surface area contributed by atoms with E-state index >= 15 is 0 Å². The van der Waals surface area contributed by atoms with Crippen LogP contribution in [0.25, 0.3) is 0 Å². The third-order valence-corrected chi connectivity index (χ3v) is 8.62. The van der Waals surface area contributed by atoms with E-state index in [-0.39, 0.29) is 4.75 Å². The van der Waals surface area contributed by atoms with Gasteiger partial charge >= 0.3 is 0 Å². The second-order valence-electron chi connectivity index (χ2n) is 8.15. The Morgan fingerprint density at radius 2 is 1.50 bits per heavy atom. The third kappa shape index (κ3) is 4.58. The summed E-state index contributed by atoms with van der Waals surface area (Å²) in [7, 11) is -0.640. The van der Waals surface area contributed by atoms with Gasteiger partial charge in [-0.2, -0.15) is 0 Å². The smallest absolute Gasteiger partial charge is 0.0456 e. The molecule has 0 amide bonds. The summed E-state index contributed by atoms with van der Waals surface area (Å²) in [5.74, 6) is 2.96. The van der Waals surface area contributed by atoms with E-state index in [1.54, 1.807) is 0 Å². The van der Waals surface area contributed by atoms with Crippen molar-refractivity contribution in [2.75, 3.05) is 6.26 Å². The van der Waals surface area contributed by atoms with Gasteiger partial charge in [0, 0.05) is 21.8 Å². The normalized spacial score (nSPS) is 37.9. The van der Waals surface area contributed by atoms with Crippen LogP contribution in [0.3, 0.4) is 0 Å². The van der Waals surface area contributed by atoms with Crippen LogP contribution in [0.5, 0.6) is 0 Å². The van der Waals surface area contributed by atoms with Crippen molar-refractivity contribution < 1.29 is 4.21 Å². The molecule has 130 valence electrons. The quantitative estimate of drug-likeness (QED) is 0.553. The van der Waals surface area contributed by atoms with Crippen LogP contribution in [0.1, 0.15) is 97.3 Å². The predicted molar refractivity (Wildman–Crippen MR) is 98.6 cm³/mol. The fraction of sp³-hybridized carbons (Fsp3) is 1.00. The van der Waals surface area contributed by atoms with E-state index in [0.717, 1.165) is 17.8 Å². The van der Waals surface area contributed by atoms with Gasteiger partial charge in [0.15, 0.2) is 0 Å². The summed E-state index contributed by atoms with van der Waals surface area (Å²) in [6.07, 6.45) is 19.6. The molecule has 1 atom stereocenters. The van der Waals surface area contributed by atoms with Crippen molar-refractivity contribution >= 4 is 10.8 Å². The van der Waals surface area contributed by atoms with Crippen LogP contribution in [-0.4, -0.2) is 15.2 Å². The van der Waals surface area contributed by atoms with Gasteiger partial charge in [-0.05, 0) is 62.7 Å². The Labute approximate surface area is 141 Å². The molecular formula is C20H38OS. The van der Waals surface area contributed by atoms with Crippen LogP contribution >= 0.6 is 0 Å². The Morgan fingerprint density at radius 3 is 2.00 bits per heavy atom. The molecular weight excluding hydrogens is 288 g/mol. The maximum Gasteiger partial charge on any atom is 0.0456 e. The zero-order valence-corrected chi connectivity index (χ0v) is 16.1. The summed E-state index contributed by atoms with van der Waals surface area (Å²) in [6, 6.07) is 0. The van der Waals surface area contributed by atoms with Gasteiger partial charge in [0.25, 0.3) is 0 Å². The van der Waals surface area contributed by atoms with Crippen LogP contribution in [0.15, 0.2) is 0 Å². The number of rotatable bonds is 7. The van der Waals surface area contributed by atoms with E-state index in [4.69, 9.17) is 0 Å². The second kappa shape index (κ2) is 8.85. The van der Waals surface area contributed by atoms with Crippen LogP contribution in [-0.2, 0) is 10.8 Å². The second-order valence-corrected chi connectivity index (χ2v) is 9.92. The molecule has 2 rings (SSSR count). The molecule has 2 aliphatic rings. The van der Waals surface area contributed by atoms with E-state index in [0.29, 0.717) is 0 Å². The van der Waals surface area contributed by atoms with Gasteiger partial charge in [-0.25, -0.2) is 0 Å². The van der Waals surface area contributed by atoms with E-state index < -0.39 is 10.8 Å². The zero-order chi connectivity index (χ0) is 16.0.